The first-order valence-electron chi connectivity index (χ1n) is 3.35. The lowest BCUT2D eigenvalue weighted by molar-refractivity contribution is 0.409. The fourth-order valence-electron chi connectivity index (χ4n) is 0.829. The summed E-state index contributed by atoms with van der Waals surface area (Å²) in [5, 5.41) is 8.86. The number of benzene rings is 1. The molecule has 0 spiro atoms. The number of rotatable bonds is 3. The van der Waals surface area contributed by atoms with Crippen LogP contribution >= 0.6 is 11.6 Å². The summed E-state index contributed by atoms with van der Waals surface area (Å²) in [6, 6.07) is 5.10. The lowest BCUT2D eigenvalue weighted by atomic mass is 10.3. The van der Waals surface area contributed by atoms with E-state index in [4.69, 9.17) is 26.0 Å². The van der Waals surface area contributed by atoms with Gasteiger partial charge in [-0.2, -0.15) is 0 Å². The van der Waals surface area contributed by atoms with E-state index in [0.29, 0.717) is 16.5 Å². The summed E-state index contributed by atoms with van der Waals surface area (Å²) in [6.07, 6.45) is 0. The SMILES string of the molecule is COc1cccc(OBO)c1Cl. The maximum Gasteiger partial charge on any atom is 0.504 e. The van der Waals surface area contributed by atoms with E-state index >= 15 is 0 Å². The van der Waals surface area contributed by atoms with Gasteiger partial charge in [0.2, 0.25) is 0 Å². The Labute approximate surface area is 76.2 Å². The summed E-state index contributed by atoms with van der Waals surface area (Å²) < 4.78 is 9.76. The van der Waals surface area contributed by atoms with E-state index in [0.717, 1.165) is 0 Å². The van der Waals surface area contributed by atoms with Crippen LogP contribution in [-0.4, -0.2) is 19.8 Å². The largest absolute Gasteiger partial charge is 0.538 e. The monoisotopic (exact) mass is 186 g/mol. The van der Waals surface area contributed by atoms with Crippen molar-refractivity contribution in [3.05, 3.63) is 23.2 Å². The molecule has 0 bridgehead atoms. The molecule has 64 valence electrons. The molecule has 0 aromatic heterocycles. The Bertz CT molecular complexity index is 267. The van der Waals surface area contributed by atoms with Crippen molar-refractivity contribution in [2.24, 2.45) is 0 Å². The quantitative estimate of drug-likeness (QED) is 0.716. The molecule has 0 aliphatic rings. The second-order valence-corrected chi connectivity index (χ2v) is 2.42. The maximum atomic E-state index is 8.49. The van der Waals surface area contributed by atoms with Gasteiger partial charge in [-0.25, -0.2) is 0 Å². The summed E-state index contributed by atoms with van der Waals surface area (Å²) in [5.74, 6) is 0.945. The minimum absolute atomic E-state index is 0.369. The molecule has 1 N–H and O–H groups in total. The van der Waals surface area contributed by atoms with Crippen molar-refractivity contribution in [1.82, 2.24) is 0 Å². The molecule has 0 saturated carbocycles. The van der Waals surface area contributed by atoms with Gasteiger partial charge < -0.3 is 14.4 Å². The molecule has 1 aromatic rings. The maximum absolute atomic E-state index is 8.49. The van der Waals surface area contributed by atoms with Crippen LogP contribution in [0.25, 0.3) is 0 Å². The molecule has 1 rings (SSSR count). The average molecular weight is 186 g/mol. The van der Waals surface area contributed by atoms with E-state index in [9.17, 15) is 0 Å². The highest BCUT2D eigenvalue weighted by atomic mass is 35.5. The lowest BCUT2D eigenvalue weighted by Gasteiger charge is -2.07. The Morgan fingerprint density at radius 3 is 2.67 bits per heavy atom. The average Bonchev–Trinajstić information content (AvgIpc) is 2.09. The van der Waals surface area contributed by atoms with Crippen molar-refractivity contribution in [2.75, 3.05) is 7.11 Å². The van der Waals surface area contributed by atoms with E-state index < -0.39 is 7.69 Å². The van der Waals surface area contributed by atoms with Gasteiger partial charge >= 0.3 is 7.69 Å². The summed E-state index contributed by atoms with van der Waals surface area (Å²) in [6.45, 7) is 0. The molecule has 0 saturated heterocycles. The lowest BCUT2D eigenvalue weighted by Crippen LogP contribution is -2.00. The van der Waals surface area contributed by atoms with Gasteiger partial charge in [0.05, 0.1) is 7.11 Å². The summed E-state index contributed by atoms with van der Waals surface area (Å²) in [7, 11) is 1.12. The number of ether oxygens (including phenoxy) is 1. The van der Waals surface area contributed by atoms with Crippen molar-refractivity contribution in [3.8, 4) is 11.5 Å². The number of methoxy groups -OCH3 is 1. The molecule has 0 fully saturated rings. The molecule has 3 nitrogen and oxygen atoms in total. The van der Waals surface area contributed by atoms with Crippen LogP contribution in [0.5, 0.6) is 11.5 Å². The first kappa shape index (κ1) is 9.22. The summed E-state index contributed by atoms with van der Waals surface area (Å²) >= 11 is 5.83. The Morgan fingerprint density at radius 1 is 1.42 bits per heavy atom. The third-order valence-corrected chi connectivity index (χ3v) is 1.74. The van der Waals surface area contributed by atoms with Gasteiger partial charge in [-0.1, -0.05) is 17.7 Å². The van der Waals surface area contributed by atoms with Crippen LogP contribution in [0.2, 0.25) is 5.02 Å². The van der Waals surface area contributed by atoms with Crippen LogP contribution in [0.15, 0.2) is 18.2 Å². The van der Waals surface area contributed by atoms with Gasteiger partial charge in [0.25, 0.3) is 0 Å². The van der Waals surface area contributed by atoms with Crippen LogP contribution in [0.4, 0.5) is 0 Å². The summed E-state index contributed by atoms with van der Waals surface area (Å²) in [4.78, 5) is 0. The first-order chi connectivity index (χ1) is 5.79. The molecular formula is C7H8BClO3. The predicted molar refractivity (Wildman–Crippen MR) is 48.0 cm³/mol. The Morgan fingerprint density at radius 2 is 2.08 bits per heavy atom. The smallest absolute Gasteiger partial charge is 0.504 e. The summed E-state index contributed by atoms with van der Waals surface area (Å²) in [5.41, 5.74) is 0. The van der Waals surface area contributed by atoms with Crippen molar-refractivity contribution in [2.45, 2.75) is 0 Å². The second-order valence-electron chi connectivity index (χ2n) is 2.05. The highest BCUT2D eigenvalue weighted by Gasteiger charge is 2.06. The van der Waals surface area contributed by atoms with Gasteiger partial charge in [-0.3, -0.25) is 0 Å². The molecule has 1 aromatic carbocycles. The number of hydrogen-bond acceptors (Lipinski definition) is 3. The van der Waals surface area contributed by atoms with Crippen LogP contribution in [0, 0.1) is 0 Å². The molecule has 0 heterocycles. The highest BCUT2D eigenvalue weighted by molar-refractivity contribution is 6.34. The molecule has 0 radical (unpaired) electrons. The topological polar surface area (TPSA) is 38.7 Å². The number of halogens is 1. The highest BCUT2D eigenvalue weighted by Crippen LogP contribution is 2.32. The van der Waals surface area contributed by atoms with Crippen LogP contribution in [0.3, 0.4) is 0 Å². The van der Waals surface area contributed by atoms with E-state index in [-0.39, 0.29) is 0 Å². The van der Waals surface area contributed by atoms with E-state index in [1.54, 1.807) is 18.2 Å². The Hall–Kier alpha value is -0.865. The standard InChI is InChI=1S/C7H8BClO3/c1-11-5-3-2-4-6(7(5)9)12-8-10/h2-4,8,10H,1H3. The van der Waals surface area contributed by atoms with Crippen molar-refractivity contribution < 1.29 is 14.4 Å². The van der Waals surface area contributed by atoms with Crippen molar-refractivity contribution >= 4 is 19.3 Å². The molecule has 0 aliphatic heterocycles. The van der Waals surface area contributed by atoms with Gasteiger partial charge in [-0.15, -0.1) is 0 Å². The predicted octanol–water partition coefficient (Wildman–Crippen LogP) is 0.986. The van der Waals surface area contributed by atoms with E-state index in [2.05, 4.69) is 0 Å². The molecular weight excluding hydrogens is 178 g/mol. The molecule has 0 unspecified atom stereocenters. The molecule has 5 heteroatoms. The van der Waals surface area contributed by atoms with Gasteiger partial charge in [0, 0.05) is 0 Å². The van der Waals surface area contributed by atoms with Crippen molar-refractivity contribution in [3.63, 3.8) is 0 Å². The fourth-order valence-corrected chi connectivity index (χ4v) is 1.09. The van der Waals surface area contributed by atoms with Gasteiger partial charge in [-0.05, 0) is 12.1 Å². The Kier molecular flexibility index (Phi) is 3.25. The van der Waals surface area contributed by atoms with Crippen LogP contribution < -0.4 is 9.39 Å². The molecule has 0 amide bonds. The van der Waals surface area contributed by atoms with Crippen molar-refractivity contribution in [1.29, 1.82) is 0 Å². The first-order valence-corrected chi connectivity index (χ1v) is 3.73. The third kappa shape index (κ3) is 1.84. The van der Waals surface area contributed by atoms with Gasteiger partial charge in [0.1, 0.15) is 16.5 Å². The minimum atomic E-state index is -0.396. The fraction of sp³-hybridized carbons (Fsp3) is 0.143. The zero-order valence-corrected chi connectivity index (χ0v) is 7.34. The van der Waals surface area contributed by atoms with E-state index in [1.807, 2.05) is 0 Å². The van der Waals surface area contributed by atoms with E-state index in [1.165, 1.54) is 7.11 Å². The zero-order valence-electron chi connectivity index (χ0n) is 6.58. The van der Waals surface area contributed by atoms with Gasteiger partial charge in [0.15, 0.2) is 0 Å². The Balaban J connectivity index is 2.97. The molecule has 12 heavy (non-hydrogen) atoms. The normalized spacial score (nSPS) is 9.25. The second kappa shape index (κ2) is 4.23. The molecule has 0 atom stereocenters. The third-order valence-electron chi connectivity index (χ3n) is 1.37. The minimum Gasteiger partial charge on any atom is -0.538 e. The van der Waals surface area contributed by atoms with Crippen LogP contribution in [0.1, 0.15) is 0 Å². The zero-order chi connectivity index (χ0) is 8.97. The van der Waals surface area contributed by atoms with Crippen LogP contribution in [-0.2, 0) is 0 Å². The number of hydrogen-bond donors (Lipinski definition) is 1. The molecule has 0 aliphatic carbocycles.